The molecule has 8 nitrogen and oxygen atoms in total. The number of nitrogens with one attached hydrogen (secondary N) is 1. The zero-order valence-corrected chi connectivity index (χ0v) is 20.5. The summed E-state index contributed by atoms with van der Waals surface area (Å²) in [5.74, 6) is 0.112. The first-order chi connectivity index (χ1) is 18.1. The molecule has 1 aliphatic carbocycles. The van der Waals surface area contributed by atoms with Gasteiger partial charge in [-0.1, -0.05) is 49.2 Å². The number of likely N-dealkylation sites (tertiary alicyclic amines) is 1. The fraction of sp³-hybridized carbons (Fsp3) is 0.310. The number of carbonyl (C=O) groups is 2. The largest absolute Gasteiger partial charge is 0.350 e. The second-order valence-corrected chi connectivity index (χ2v) is 10.0. The number of pyridine rings is 1. The van der Waals surface area contributed by atoms with Gasteiger partial charge in [0.15, 0.2) is 5.65 Å². The lowest BCUT2D eigenvalue weighted by atomic mass is 9.84. The van der Waals surface area contributed by atoms with Crippen LogP contribution < -0.4 is 11.0 Å². The van der Waals surface area contributed by atoms with Crippen LogP contribution in [0, 0.1) is 5.92 Å². The molecule has 188 valence electrons. The molecule has 1 saturated carbocycles. The number of fused-ring (bicyclic) bond motifs is 2. The van der Waals surface area contributed by atoms with Crippen molar-refractivity contribution < 1.29 is 9.59 Å². The number of hydrogen-bond acceptors (Lipinski definition) is 4. The third-order valence-electron chi connectivity index (χ3n) is 7.66. The van der Waals surface area contributed by atoms with Gasteiger partial charge < -0.3 is 10.2 Å². The highest BCUT2D eigenvalue weighted by Gasteiger charge is 2.47. The first-order valence-electron chi connectivity index (χ1n) is 12.9. The van der Waals surface area contributed by atoms with Crippen LogP contribution in [0.2, 0.25) is 0 Å². The Kier molecular flexibility index (Phi) is 6.08. The highest BCUT2D eigenvalue weighted by atomic mass is 16.2. The van der Waals surface area contributed by atoms with Gasteiger partial charge in [0.1, 0.15) is 6.04 Å². The van der Waals surface area contributed by atoms with Crippen LogP contribution in [0.4, 0.5) is 5.69 Å². The van der Waals surface area contributed by atoms with Crippen molar-refractivity contribution in [1.82, 2.24) is 19.1 Å². The summed E-state index contributed by atoms with van der Waals surface area (Å²) < 4.78 is 2.92. The minimum atomic E-state index is -0.509. The second-order valence-electron chi connectivity index (χ2n) is 10.0. The maximum atomic E-state index is 13.6. The van der Waals surface area contributed by atoms with Crippen LogP contribution in [0.5, 0.6) is 0 Å². The Morgan fingerprint density at radius 2 is 1.76 bits per heavy atom. The summed E-state index contributed by atoms with van der Waals surface area (Å²) in [7, 11) is 0. The molecule has 8 heteroatoms. The summed E-state index contributed by atoms with van der Waals surface area (Å²) in [6.07, 6.45) is 6.60. The number of carbonyl (C=O) groups excluding carboxylic acids is 2. The molecule has 1 N–H and O–H groups in total. The molecular weight excluding hydrogens is 466 g/mol. The Morgan fingerprint density at radius 1 is 0.946 bits per heavy atom. The fourth-order valence-electron chi connectivity index (χ4n) is 5.93. The third kappa shape index (κ3) is 4.43. The minimum Gasteiger partial charge on any atom is -0.324 e. The van der Waals surface area contributed by atoms with E-state index in [1.807, 2.05) is 65.6 Å². The first-order valence-corrected chi connectivity index (χ1v) is 12.9. The zero-order valence-electron chi connectivity index (χ0n) is 20.5. The maximum Gasteiger partial charge on any atom is 0.350 e. The SMILES string of the molecule is O=C(Nc1cccc(Cn2nc3ccccn3c2=O)c1)C1CC2CCCCC2N1C(=O)c1ccccc1. The Labute approximate surface area is 214 Å². The molecule has 2 fully saturated rings. The fourth-order valence-corrected chi connectivity index (χ4v) is 5.93. The predicted molar refractivity (Wildman–Crippen MR) is 140 cm³/mol. The van der Waals surface area contributed by atoms with Crippen molar-refractivity contribution in [2.24, 2.45) is 5.92 Å². The molecule has 1 saturated heterocycles. The number of aromatic nitrogens is 3. The van der Waals surface area contributed by atoms with Gasteiger partial charge in [0.05, 0.1) is 6.54 Å². The summed E-state index contributed by atoms with van der Waals surface area (Å²) in [4.78, 5) is 41.6. The summed E-state index contributed by atoms with van der Waals surface area (Å²) in [5, 5.41) is 7.45. The Hall–Kier alpha value is -4.20. The van der Waals surface area contributed by atoms with Gasteiger partial charge >= 0.3 is 5.69 Å². The van der Waals surface area contributed by atoms with Crippen LogP contribution in [0.25, 0.3) is 5.65 Å². The van der Waals surface area contributed by atoms with Crippen LogP contribution in [-0.4, -0.2) is 43.0 Å². The van der Waals surface area contributed by atoms with Crippen molar-refractivity contribution >= 4 is 23.1 Å². The molecule has 3 unspecified atom stereocenters. The molecule has 3 heterocycles. The predicted octanol–water partition coefficient (Wildman–Crippen LogP) is 3.96. The van der Waals surface area contributed by atoms with E-state index in [4.69, 9.17) is 0 Å². The molecular formula is C29H29N5O3. The summed E-state index contributed by atoms with van der Waals surface area (Å²) >= 11 is 0. The van der Waals surface area contributed by atoms with Crippen molar-refractivity contribution in [2.45, 2.75) is 50.7 Å². The normalized spacial score (nSPS) is 21.1. The van der Waals surface area contributed by atoms with Crippen LogP contribution >= 0.6 is 0 Å². The van der Waals surface area contributed by atoms with Gasteiger partial charge in [0.25, 0.3) is 5.91 Å². The lowest BCUT2D eigenvalue weighted by molar-refractivity contribution is -0.120. The van der Waals surface area contributed by atoms with Crippen LogP contribution in [-0.2, 0) is 11.3 Å². The van der Waals surface area contributed by atoms with Crippen molar-refractivity contribution in [3.8, 4) is 0 Å². The molecule has 0 bridgehead atoms. The van der Waals surface area contributed by atoms with E-state index in [0.29, 0.717) is 29.2 Å². The van der Waals surface area contributed by atoms with Gasteiger partial charge in [-0.3, -0.25) is 14.0 Å². The van der Waals surface area contributed by atoms with E-state index in [2.05, 4.69) is 10.4 Å². The van der Waals surface area contributed by atoms with E-state index >= 15 is 0 Å². The van der Waals surface area contributed by atoms with Crippen LogP contribution in [0.15, 0.2) is 83.8 Å². The van der Waals surface area contributed by atoms with E-state index in [1.54, 1.807) is 18.3 Å². The molecule has 37 heavy (non-hydrogen) atoms. The van der Waals surface area contributed by atoms with Crippen molar-refractivity contribution in [3.63, 3.8) is 0 Å². The highest BCUT2D eigenvalue weighted by molar-refractivity contribution is 6.01. The number of rotatable bonds is 5. The zero-order chi connectivity index (χ0) is 25.4. The molecule has 0 spiro atoms. The van der Waals surface area contributed by atoms with Crippen molar-refractivity contribution in [2.75, 3.05) is 5.32 Å². The molecule has 4 aromatic rings. The number of amides is 2. The van der Waals surface area contributed by atoms with Gasteiger partial charge in [-0.15, -0.1) is 5.10 Å². The van der Waals surface area contributed by atoms with Gasteiger partial charge in [-0.25, -0.2) is 9.48 Å². The van der Waals surface area contributed by atoms with Crippen LogP contribution in [0.1, 0.15) is 48.0 Å². The van der Waals surface area contributed by atoms with E-state index < -0.39 is 6.04 Å². The minimum absolute atomic E-state index is 0.0740. The Bertz CT molecular complexity index is 1510. The lowest BCUT2D eigenvalue weighted by Gasteiger charge is -2.33. The van der Waals surface area contributed by atoms with E-state index in [9.17, 15) is 14.4 Å². The number of nitrogens with zero attached hydrogens (tertiary/aromatic N) is 4. The number of benzene rings is 2. The van der Waals surface area contributed by atoms with Crippen molar-refractivity contribution in [3.05, 3.63) is 101 Å². The number of hydrogen-bond donors (Lipinski definition) is 1. The van der Waals surface area contributed by atoms with Crippen molar-refractivity contribution in [1.29, 1.82) is 0 Å². The van der Waals surface area contributed by atoms with Gasteiger partial charge in [0.2, 0.25) is 5.91 Å². The lowest BCUT2D eigenvalue weighted by Crippen LogP contribution is -2.47. The molecule has 2 amide bonds. The molecule has 2 aromatic carbocycles. The quantitative estimate of drug-likeness (QED) is 0.454. The monoisotopic (exact) mass is 495 g/mol. The maximum absolute atomic E-state index is 13.6. The average Bonchev–Trinajstić information content (AvgIpc) is 3.47. The topological polar surface area (TPSA) is 88.7 Å². The van der Waals surface area contributed by atoms with E-state index in [0.717, 1.165) is 31.2 Å². The van der Waals surface area contributed by atoms with E-state index in [-0.39, 0.29) is 30.1 Å². The third-order valence-corrected chi connectivity index (χ3v) is 7.66. The molecule has 6 rings (SSSR count). The Balaban J connectivity index is 1.22. The second kappa shape index (κ2) is 9.69. The summed E-state index contributed by atoms with van der Waals surface area (Å²) in [6.45, 7) is 0.288. The first kappa shape index (κ1) is 23.2. The van der Waals surface area contributed by atoms with Gasteiger partial charge in [-0.2, -0.15) is 0 Å². The Morgan fingerprint density at radius 3 is 2.59 bits per heavy atom. The molecule has 1 aliphatic heterocycles. The van der Waals surface area contributed by atoms with E-state index in [1.165, 1.54) is 9.08 Å². The standard InChI is InChI=1S/C29H29N5O3/c35-27(25-18-22-12-4-5-14-24(22)34(25)28(36)21-10-2-1-3-11-21)30-23-13-8-9-20(17-23)19-33-29(37)32-16-7-6-15-26(32)31-33/h1-3,6-11,13,15-17,22,24-25H,4-5,12,14,18-19H2,(H,30,35). The molecule has 2 aliphatic rings. The molecule has 0 radical (unpaired) electrons. The summed E-state index contributed by atoms with van der Waals surface area (Å²) in [6, 6.07) is 21.7. The number of anilines is 1. The highest BCUT2D eigenvalue weighted by Crippen LogP contribution is 2.40. The summed E-state index contributed by atoms with van der Waals surface area (Å²) in [5.41, 5.74) is 2.48. The average molecular weight is 496 g/mol. The smallest absolute Gasteiger partial charge is 0.324 e. The van der Waals surface area contributed by atoms with Gasteiger partial charge in [-0.05, 0) is 67.1 Å². The van der Waals surface area contributed by atoms with Crippen LogP contribution in [0.3, 0.4) is 0 Å². The van der Waals surface area contributed by atoms with Gasteiger partial charge in [0, 0.05) is 23.5 Å². The molecule has 2 aromatic heterocycles. The molecule has 3 atom stereocenters.